The van der Waals surface area contributed by atoms with Crippen LogP contribution in [0.1, 0.15) is 68.2 Å². The summed E-state index contributed by atoms with van der Waals surface area (Å²) in [6.07, 6.45) is 2.49. The summed E-state index contributed by atoms with van der Waals surface area (Å²) in [6.45, 7) is 21.1. The topological polar surface area (TPSA) is 38.0 Å². The van der Waals surface area contributed by atoms with E-state index >= 15 is 0 Å². The van der Waals surface area contributed by atoms with Crippen molar-refractivity contribution in [1.29, 1.82) is 0 Å². The normalized spacial score (nSPS) is 16.9. The fraction of sp³-hybridized carbons (Fsp3) is 1.00. The molecular formula is C18H42N2P2. The molecule has 0 rings (SSSR count). The van der Waals surface area contributed by atoms with Gasteiger partial charge in [0.05, 0.1) is 0 Å². The molecule has 4 heteroatoms. The van der Waals surface area contributed by atoms with Gasteiger partial charge in [-0.1, -0.05) is 64.3 Å². The first-order valence-electron chi connectivity index (χ1n) is 8.87. The lowest BCUT2D eigenvalue weighted by Gasteiger charge is -2.47. The molecule has 0 aliphatic heterocycles. The zero-order valence-corrected chi connectivity index (χ0v) is 18.4. The molecule has 0 aliphatic carbocycles. The highest BCUT2D eigenvalue weighted by Crippen LogP contribution is 2.48. The van der Waals surface area contributed by atoms with E-state index in [1.54, 1.807) is 0 Å². The van der Waals surface area contributed by atoms with Gasteiger partial charge in [0.2, 0.25) is 0 Å². The minimum atomic E-state index is 0.303. The summed E-state index contributed by atoms with van der Waals surface area (Å²) in [5, 5.41) is 3.54. The molecule has 134 valence electrons. The SMILES string of the molecule is CC(C)C(CN)CC(C)(C)C(C)(C)CC(CNPP)C(C)C. The smallest absolute Gasteiger partial charge is 0.00216 e. The van der Waals surface area contributed by atoms with Crippen LogP contribution in [0.25, 0.3) is 0 Å². The summed E-state index contributed by atoms with van der Waals surface area (Å²) in [6, 6.07) is 0. The van der Waals surface area contributed by atoms with Gasteiger partial charge in [-0.3, -0.25) is 5.09 Å². The Labute approximate surface area is 144 Å². The minimum absolute atomic E-state index is 0.303. The van der Waals surface area contributed by atoms with Gasteiger partial charge in [0, 0.05) is 6.54 Å². The van der Waals surface area contributed by atoms with Gasteiger partial charge in [-0.25, -0.2) is 0 Å². The molecule has 0 fully saturated rings. The predicted molar refractivity (Wildman–Crippen MR) is 109 cm³/mol. The molecule has 0 bridgehead atoms. The van der Waals surface area contributed by atoms with Crippen molar-refractivity contribution in [2.75, 3.05) is 13.1 Å². The molecule has 0 radical (unpaired) electrons. The van der Waals surface area contributed by atoms with Gasteiger partial charge >= 0.3 is 0 Å². The van der Waals surface area contributed by atoms with Crippen LogP contribution < -0.4 is 10.8 Å². The molecule has 2 nitrogen and oxygen atoms in total. The lowest BCUT2D eigenvalue weighted by atomic mass is 9.59. The van der Waals surface area contributed by atoms with E-state index in [0.717, 1.165) is 33.3 Å². The Morgan fingerprint density at radius 3 is 1.64 bits per heavy atom. The molecule has 4 atom stereocenters. The summed E-state index contributed by atoms with van der Waals surface area (Å²) in [5.74, 6) is 2.75. The minimum Gasteiger partial charge on any atom is -0.330 e. The van der Waals surface area contributed by atoms with Gasteiger partial charge in [-0.15, -0.1) is 0 Å². The average molecular weight is 348 g/mol. The monoisotopic (exact) mass is 348 g/mol. The largest absolute Gasteiger partial charge is 0.330 e. The van der Waals surface area contributed by atoms with E-state index in [-0.39, 0.29) is 0 Å². The molecule has 0 aromatic rings. The Morgan fingerprint density at radius 1 is 0.909 bits per heavy atom. The summed E-state index contributed by atoms with van der Waals surface area (Å²) in [4.78, 5) is 0. The zero-order chi connectivity index (χ0) is 17.6. The van der Waals surface area contributed by atoms with Crippen molar-refractivity contribution in [2.24, 2.45) is 40.2 Å². The second kappa shape index (κ2) is 9.93. The Morgan fingerprint density at radius 2 is 1.32 bits per heavy atom. The number of hydrogen-bond donors (Lipinski definition) is 2. The second-order valence-corrected chi connectivity index (χ2v) is 10.5. The lowest BCUT2D eigenvalue weighted by Crippen LogP contribution is -2.40. The van der Waals surface area contributed by atoms with Crippen LogP contribution in [-0.4, -0.2) is 13.1 Å². The summed E-state index contributed by atoms with van der Waals surface area (Å²) in [7, 11) is 3.55. The fourth-order valence-corrected chi connectivity index (χ4v) is 3.92. The van der Waals surface area contributed by atoms with Crippen LogP contribution in [0.3, 0.4) is 0 Å². The van der Waals surface area contributed by atoms with Crippen LogP contribution in [0, 0.1) is 34.5 Å². The van der Waals surface area contributed by atoms with E-state index in [9.17, 15) is 0 Å². The van der Waals surface area contributed by atoms with Gasteiger partial charge in [-0.05, 0) is 62.3 Å². The Bertz CT molecular complexity index is 301. The predicted octanol–water partition coefficient (Wildman–Crippen LogP) is 5.30. The standard InChI is InChI=1S/C18H42N2P2/c1-13(2)15(11-19)9-17(5,6)18(7,8)10-16(14(3)4)12-20-22-21/h13-16,20,22H,9-12,19,21H2,1-8H3. The molecule has 3 N–H and O–H groups in total. The third-order valence-corrected chi connectivity index (χ3v) is 7.05. The fourth-order valence-electron chi connectivity index (χ4n) is 3.19. The van der Waals surface area contributed by atoms with Crippen molar-refractivity contribution < 1.29 is 0 Å². The summed E-state index contributed by atoms with van der Waals surface area (Å²) < 4.78 is 0. The first-order valence-corrected chi connectivity index (χ1v) is 11.7. The van der Waals surface area contributed by atoms with Crippen LogP contribution in [0.4, 0.5) is 0 Å². The van der Waals surface area contributed by atoms with Gasteiger partial charge in [0.15, 0.2) is 0 Å². The third-order valence-electron chi connectivity index (χ3n) is 6.03. The maximum atomic E-state index is 6.03. The van der Waals surface area contributed by atoms with E-state index < -0.39 is 0 Å². The Hall–Kier alpha value is 0.780. The van der Waals surface area contributed by atoms with Crippen molar-refractivity contribution >= 4 is 17.3 Å². The molecule has 0 spiro atoms. The van der Waals surface area contributed by atoms with Crippen molar-refractivity contribution in [3.63, 3.8) is 0 Å². The van der Waals surface area contributed by atoms with Crippen LogP contribution in [-0.2, 0) is 0 Å². The number of nitrogens with two attached hydrogens (primary N) is 1. The molecular weight excluding hydrogens is 306 g/mol. The van der Waals surface area contributed by atoms with Crippen LogP contribution >= 0.6 is 17.3 Å². The number of rotatable bonds is 11. The highest BCUT2D eigenvalue weighted by molar-refractivity contribution is 8.01. The van der Waals surface area contributed by atoms with Gasteiger partial charge in [0.25, 0.3) is 0 Å². The van der Waals surface area contributed by atoms with Crippen molar-refractivity contribution in [3.05, 3.63) is 0 Å². The van der Waals surface area contributed by atoms with Crippen molar-refractivity contribution in [1.82, 2.24) is 5.09 Å². The van der Waals surface area contributed by atoms with E-state index in [0.29, 0.717) is 22.7 Å². The van der Waals surface area contributed by atoms with Crippen molar-refractivity contribution in [2.45, 2.75) is 68.2 Å². The number of hydrogen-bond acceptors (Lipinski definition) is 2. The van der Waals surface area contributed by atoms with E-state index in [1.165, 1.54) is 12.8 Å². The molecule has 0 heterocycles. The molecule has 0 amide bonds. The quantitative estimate of drug-likeness (QED) is 0.498. The van der Waals surface area contributed by atoms with Gasteiger partial charge in [0.1, 0.15) is 0 Å². The average Bonchev–Trinajstić information content (AvgIpc) is 2.39. The second-order valence-electron chi connectivity index (χ2n) is 8.95. The lowest BCUT2D eigenvalue weighted by molar-refractivity contribution is 0.0381. The van der Waals surface area contributed by atoms with Crippen molar-refractivity contribution in [3.8, 4) is 0 Å². The molecule has 0 saturated carbocycles. The first-order chi connectivity index (χ1) is 9.98. The molecule has 0 aromatic heterocycles. The maximum Gasteiger partial charge on any atom is 0.00216 e. The molecule has 0 saturated heterocycles. The first kappa shape index (κ1) is 22.8. The highest BCUT2D eigenvalue weighted by Gasteiger charge is 2.40. The maximum absolute atomic E-state index is 6.03. The highest BCUT2D eigenvalue weighted by atomic mass is 32.0. The summed E-state index contributed by atoms with van der Waals surface area (Å²) in [5.41, 5.74) is 6.65. The van der Waals surface area contributed by atoms with E-state index in [1.807, 2.05) is 0 Å². The van der Waals surface area contributed by atoms with E-state index in [2.05, 4.69) is 69.4 Å². The van der Waals surface area contributed by atoms with Gasteiger partial charge < -0.3 is 5.73 Å². The number of nitrogens with one attached hydrogen (secondary N) is 1. The zero-order valence-electron chi connectivity index (χ0n) is 16.3. The summed E-state index contributed by atoms with van der Waals surface area (Å²) >= 11 is 0. The molecule has 22 heavy (non-hydrogen) atoms. The van der Waals surface area contributed by atoms with Crippen LogP contribution in [0.15, 0.2) is 0 Å². The Kier molecular flexibility index (Phi) is 10.3. The molecule has 0 aromatic carbocycles. The van der Waals surface area contributed by atoms with Crippen LogP contribution in [0.2, 0.25) is 0 Å². The van der Waals surface area contributed by atoms with Crippen LogP contribution in [0.5, 0.6) is 0 Å². The third kappa shape index (κ3) is 7.12. The molecule has 4 unspecified atom stereocenters. The molecule has 0 aliphatic rings. The van der Waals surface area contributed by atoms with E-state index in [4.69, 9.17) is 5.73 Å². The Balaban J connectivity index is 4.99. The van der Waals surface area contributed by atoms with Gasteiger partial charge in [-0.2, -0.15) is 0 Å².